The summed E-state index contributed by atoms with van der Waals surface area (Å²) in [6.07, 6.45) is 2.70. The summed E-state index contributed by atoms with van der Waals surface area (Å²) in [6.45, 7) is 5.60. The van der Waals surface area contributed by atoms with E-state index in [1.54, 1.807) is 0 Å². The molecule has 4 heteroatoms. The number of halogens is 1. The molecular weight excluding hydrogens is 246 g/mol. The number of nitrogen functional groups attached to an aromatic ring is 1. The number of nitrogens with zero attached hydrogens (tertiary/aromatic N) is 2. The van der Waals surface area contributed by atoms with Gasteiger partial charge < -0.3 is 15.5 Å². The van der Waals surface area contributed by atoms with Gasteiger partial charge in [0.2, 0.25) is 0 Å². The van der Waals surface area contributed by atoms with Crippen LogP contribution in [-0.4, -0.2) is 43.0 Å². The van der Waals surface area contributed by atoms with E-state index >= 15 is 0 Å². The molecule has 1 aromatic carbocycles. The number of rotatable bonds is 5. The van der Waals surface area contributed by atoms with Crippen LogP contribution < -0.4 is 5.73 Å². The third kappa shape index (κ3) is 3.87. The Morgan fingerprint density at radius 3 is 2.78 bits per heavy atom. The van der Waals surface area contributed by atoms with Crippen LogP contribution >= 0.6 is 11.6 Å². The summed E-state index contributed by atoms with van der Waals surface area (Å²) < 4.78 is 0. The minimum atomic E-state index is 0.757. The summed E-state index contributed by atoms with van der Waals surface area (Å²) in [5.41, 5.74) is 7.90. The van der Waals surface area contributed by atoms with Crippen molar-refractivity contribution in [2.45, 2.75) is 19.4 Å². The van der Waals surface area contributed by atoms with Crippen molar-refractivity contribution in [1.82, 2.24) is 9.80 Å². The van der Waals surface area contributed by atoms with Gasteiger partial charge in [0.05, 0.1) is 0 Å². The molecule has 1 saturated heterocycles. The standard InChI is InChI=1S/C14H22ClN3/c1-17(8-9-18-6-2-3-7-18)11-12-10-13(15)4-5-14(12)16/h4-5,10H,2-3,6-9,11,16H2,1H3. The first-order valence-electron chi connectivity index (χ1n) is 6.60. The molecule has 0 aromatic heterocycles. The summed E-state index contributed by atoms with van der Waals surface area (Å²) >= 11 is 6.00. The Kier molecular flexibility index (Phi) is 4.87. The van der Waals surface area contributed by atoms with Crippen LogP contribution in [0.4, 0.5) is 5.69 Å². The van der Waals surface area contributed by atoms with Gasteiger partial charge in [0.25, 0.3) is 0 Å². The highest BCUT2D eigenvalue weighted by molar-refractivity contribution is 6.30. The monoisotopic (exact) mass is 267 g/mol. The molecule has 0 aliphatic carbocycles. The van der Waals surface area contributed by atoms with Gasteiger partial charge in [-0.05, 0) is 56.7 Å². The fourth-order valence-corrected chi connectivity index (χ4v) is 2.59. The summed E-state index contributed by atoms with van der Waals surface area (Å²) in [5.74, 6) is 0. The van der Waals surface area contributed by atoms with Crippen molar-refractivity contribution in [3.05, 3.63) is 28.8 Å². The van der Waals surface area contributed by atoms with Crippen LogP contribution in [0.1, 0.15) is 18.4 Å². The number of anilines is 1. The molecule has 2 rings (SSSR count). The van der Waals surface area contributed by atoms with E-state index in [1.807, 2.05) is 18.2 Å². The summed E-state index contributed by atoms with van der Waals surface area (Å²) in [7, 11) is 2.14. The second-order valence-electron chi connectivity index (χ2n) is 5.13. The number of hydrogen-bond acceptors (Lipinski definition) is 3. The molecular formula is C14H22ClN3. The van der Waals surface area contributed by atoms with Gasteiger partial charge >= 0.3 is 0 Å². The smallest absolute Gasteiger partial charge is 0.0410 e. The van der Waals surface area contributed by atoms with E-state index < -0.39 is 0 Å². The summed E-state index contributed by atoms with van der Waals surface area (Å²) in [5, 5.41) is 0.757. The number of likely N-dealkylation sites (tertiary alicyclic amines) is 1. The minimum Gasteiger partial charge on any atom is -0.398 e. The SMILES string of the molecule is CN(CCN1CCCC1)Cc1cc(Cl)ccc1N. The highest BCUT2D eigenvalue weighted by Gasteiger charge is 2.12. The van der Waals surface area contributed by atoms with Gasteiger partial charge in [-0.15, -0.1) is 0 Å². The maximum absolute atomic E-state index is 6.00. The largest absolute Gasteiger partial charge is 0.398 e. The zero-order chi connectivity index (χ0) is 13.0. The molecule has 100 valence electrons. The van der Waals surface area contributed by atoms with Gasteiger partial charge in [-0.25, -0.2) is 0 Å². The fraction of sp³-hybridized carbons (Fsp3) is 0.571. The lowest BCUT2D eigenvalue weighted by Crippen LogP contribution is -2.31. The van der Waals surface area contributed by atoms with Crippen LogP contribution in [0, 0.1) is 0 Å². The first-order valence-corrected chi connectivity index (χ1v) is 6.98. The summed E-state index contributed by atoms with van der Waals surface area (Å²) in [4.78, 5) is 4.83. The van der Waals surface area contributed by atoms with Crippen LogP contribution in [0.2, 0.25) is 5.02 Å². The second-order valence-corrected chi connectivity index (χ2v) is 5.57. The van der Waals surface area contributed by atoms with E-state index in [2.05, 4.69) is 16.8 Å². The molecule has 1 aliphatic heterocycles. The van der Waals surface area contributed by atoms with Crippen molar-refractivity contribution in [3.63, 3.8) is 0 Å². The topological polar surface area (TPSA) is 32.5 Å². The van der Waals surface area contributed by atoms with Crippen molar-refractivity contribution < 1.29 is 0 Å². The molecule has 0 radical (unpaired) electrons. The maximum Gasteiger partial charge on any atom is 0.0410 e. The van der Waals surface area contributed by atoms with Crippen molar-refractivity contribution >= 4 is 17.3 Å². The molecule has 1 heterocycles. The first-order chi connectivity index (χ1) is 8.65. The third-order valence-corrected chi connectivity index (χ3v) is 3.78. The number of benzene rings is 1. The highest BCUT2D eigenvalue weighted by atomic mass is 35.5. The van der Waals surface area contributed by atoms with Crippen molar-refractivity contribution in [3.8, 4) is 0 Å². The second kappa shape index (κ2) is 6.41. The van der Waals surface area contributed by atoms with Gasteiger partial charge in [0.15, 0.2) is 0 Å². The van der Waals surface area contributed by atoms with Crippen molar-refractivity contribution in [1.29, 1.82) is 0 Å². The Balaban J connectivity index is 1.82. The average molecular weight is 268 g/mol. The zero-order valence-corrected chi connectivity index (χ0v) is 11.8. The molecule has 1 aromatic rings. The van der Waals surface area contributed by atoms with Gasteiger partial charge in [-0.1, -0.05) is 11.6 Å². The molecule has 0 unspecified atom stereocenters. The van der Waals surface area contributed by atoms with E-state index in [1.165, 1.54) is 25.9 Å². The van der Waals surface area contributed by atoms with Gasteiger partial charge in [0.1, 0.15) is 0 Å². The predicted octanol–water partition coefficient (Wildman–Crippen LogP) is 2.45. The Bertz CT molecular complexity index is 389. The van der Waals surface area contributed by atoms with Crippen LogP contribution in [-0.2, 0) is 6.54 Å². The lowest BCUT2D eigenvalue weighted by Gasteiger charge is -2.22. The number of hydrogen-bond donors (Lipinski definition) is 1. The Morgan fingerprint density at radius 2 is 2.06 bits per heavy atom. The van der Waals surface area contributed by atoms with E-state index in [0.29, 0.717) is 0 Å². The normalized spacial score (nSPS) is 16.6. The molecule has 2 N–H and O–H groups in total. The van der Waals surface area contributed by atoms with Crippen molar-refractivity contribution in [2.75, 3.05) is 39.0 Å². The molecule has 0 bridgehead atoms. The van der Waals surface area contributed by atoms with Crippen molar-refractivity contribution in [2.24, 2.45) is 0 Å². The number of nitrogens with two attached hydrogens (primary N) is 1. The maximum atomic E-state index is 6.00. The summed E-state index contributed by atoms with van der Waals surface area (Å²) in [6, 6.07) is 5.68. The predicted molar refractivity (Wildman–Crippen MR) is 77.9 cm³/mol. The van der Waals surface area contributed by atoms with Gasteiger partial charge in [0, 0.05) is 30.3 Å². The molecule has 1 fully saturated rings. The minimum absolute atomic E-state index is 0.757. The fourth-order valence-electron chi connectivity index (χ4n) is 2.40. The van der Waals surface area contributed by atoms with Crippen LogP contribution in [0.15, 0.2) is 18.2 Å². The molecule has 0 spiro atoms. The van der Waals surface area contributed by atoms with Gasteiger partial charge in [-0.2, -0.15) is 0 Å². The molecule has 0 saturated carbocycles. The van der Waals surface area contributed by atoms with E-state index in [-0.39, 0.29) is 0 Å². The Hall–Kier alpha value is -0.770. The molecule has 18 heavy (non-hydrogen) atoms. The van der Waals surface area contributed by atoms with E-state index in [9.17, 15) is 0 Å². The van der Waals surface area contributed by atoms with E-state index in [4.69, 9.17) is 17.3 Å². The third-order valence-electron chi connectivity index (χ3n) is 3.54. The van der Waals surface area contributed by atoms with Crippen LogP contribution in [0.5, 0.6) is 0 Å². The first kappa shape index (κ1) is 13.7. The molecule has 1 aliphatic rings. The molecule has 0 atom stereocenters. The molecule has 3 nitrogen and oxygen atoms in total. The quantitative estimate of drug-likeness (QED) is 0.832. The zero-order valence-electron chi connectivity index (χ0n) is 11.0. The highest BCUT2D eigenvalue weighted by Crippen LogP contribution is 2.19. The Morgan fingerprint density at radius 1 is 1.33 bits per heavy atom. The number of likely N-dealkylation sites (N-methyl/N-ethyl adjacent to an activating group) is 1. The van der Waals surface area contributed by atoms with Crippen LogP contribution in [0.25, 0.3) is 0 Å². The Labute approximate surface area is 115 Å². The lowest BCUT2D eigenvalue weighted by molar-refractivity contribution is 0.252. The van der Waals surface area contributed by atoms with Gasteiger partial charge in [-0.3, -0.25) is 0 Å². The lowest BCUT2D eigenvalue weighted by atomic mass is 10.1. The van der Waals surface area contributed by atoms with E-state index in [0.717, 1.165) is 35.9 Å². The average Bonchev–Trinajstić information content (AvgIpc) is 2.84. The van der Waals surface area contributed by atoms with Crippen LogP contribution in [0.3, 0.4) is 0 Å². The molecule has 0 amide bonds.